The molecule has 0 aliphatic rings. The van der Waals surface area contributed by atoms with Crippen LogP contribution in [0.4, 0.5) is 0 Å². The lowest BCUT2D eigenvalue weighted by molar-refractivity contribution is -0.121. The van der Waals surface area contributed by atoms with Crippen molar-refractivity contribution >= 4 is 12.0 Å². The number of rotatable bonds is 6. The molecule has 0 spiro atoms. The van der Waals surface area contributed by atoms with Crippen molar-refractivity contribution in [2.75, 3.05) is 20.6 Å². The molecular weight excluding hydrogens is 228 g/mol. The Morgan fingerprint density at radius 3 is 2.89 bits per heavy atom. The molecule has 1 rings (SSSR count). The molecule has 1 aromatic heterocycles. The second kappa shape index (κ2) is 7.01. The molecular formula is C14H22N2O2. The van der Waals surface area contributed by atoms with E-state index in [0.29, 0.717) is 6.42 Å². The van der Waals surface area contributed by atoms with Gasteiger partial charge in [-0.25, -0.2) is 0 Å². The maximum absolute atomic E-state index is 11.3. The van der Waals surface area contributed by atoms with Gasteiger partial charge in [0.15, 0.2) is 0 Å². The van der Waals surface area contributed by atoms with Crippen molar-refractivity contribution in [3.63, 3.8) is 0 Å². The Morgan fingerprint density at radius 1 is 1.61 bits per heavy atom. The summed E-state index contributed by atoms with van der Waals surface area (Å²) in [6.45, 7) is 4.93. The Hall–Kier alpha value is -1.55. The Bertz CT molecular complexity index is 396. The lowest BCUT2D eigenvalue weighted by atomic mass is 10.1. The number of nitrogens with one attached hydrogen (secondary N) is 1. The maximum atomic E-state index is 11.3. The molecule has 4 heteroatoms. The summed E-state index contributed by atoms with van der Waals surface area (Å²) in [5, 5.41) is 2.65. The van der Waals surface area contributed by atoms with Gasteiger partial charge in [-0.3, -0.25) is 9.69 Å². The molecule has 1 aromatic rings. The fourth-order valence-electron chi connectivity index (χ4n) is 1.74. The topological polar surface area (TPSA) is 45.5 Å². The summed E-state index contributed by atoms with van der Waals surface area (Å²) in [5.74, 6) is 0.932. The first-order valence-corrected chi connectivity index (χ1v) is 6.14. The number of nitrogens with zero attached hydrogens (tertiary/aromatic N) is 1. The maximum Gasteiger partial charge on any atom is 0.221 e. The van der Waals surface area contributed by atoms with Crippen LogP contribution in [0.25, 0.3) is 6.08 Å². The zero-order chi connectivity index (χ0) is 13.5. The van der Waals surface area contributed by atoms with Crippen LogP contribution in [0, 0.1) is 0 Å². The van der Waals surface area contributed by atoms with Crippen molar-refractivity contribution in [3.05, 3.63) is 29.7 Å². The van der Waals surface area contributed by atoms with Gasteiger partial charge in [0.25, 0.3) is 0 Å². The summed E-state index contributed by atoms with van der Waals surface area (Å²) in [7, 11) is 3.68. The molecule has 0 aromatic carbocycles. The minimum atomic E-state index is 0.0713. The van der Waals surface area contributed by atoms with E-state index in [1.165, 1.54) is 5.57 Å². The van der Waals surface area contributed by atoms with Crippen molar-refractivity contribution in [3.8, 4) is 0 Å². The molecule has 0 aliphatic heterocycles. The fourth-order valence-corrected chi connectivity index (χ4v) is 1.74. The van der Waals surface area contributed by atoms with Crippen molar-refractivity contribution in [1.29, 1.82) is 0 Å². The highest BCUT2D eigenvalue weighted by atomic mass is 16.3. The zero-order valence-corrected chi connectivity index (χ0v) is 11.6. The Kier molecular flexibility index (Phi) is 5.65. The molecule has 0 radical (unpaired) electrons. The molecule has 4 nitrogen and oxygen atoms in total. The minimum Gasteiger partial charge on any atom is -0.465 e. The van der Waals surface area contributed by atoms with Crippen LogP contribution in [-0.2, 0) is 4.79 Å². The molecule has 0 aliphatic carbocycles. The predicted octanol–water partition coefficient (Wildman–Crippen LogP) is 2.14. The average Bonchev–Trinajstić information content (AvgIpc) is 2.81. The van der Waals surface area contributed by atoms with Gasteiger partial charge in [0.05, 0.1) is 6.26 Å². The highest BCUT2D eigenvalue weighted by Crippen LogP contribution is 2.10. The number of carbonyl (C=O) groups excluding carboxylic acids is 1. The van der Waals surface area contributed by atoms with Gasteiger partial charge < -0.3 is 9.73 Å². The monoisotopic (exact) mass is 250 g/mol. The van der Waals surface area contributed by atoms with E-state index in [4.69, 9.17) is 4.42 Å². The van der Waals surface area contributed by atoms with Gasteiger partial charge in [0.1, 0.15) is 5.76 Å². The van der Waals surface area contributed by atoms with E-state index < -0.39 is 0 Å². The van der Waals surface area contributed by atoms with E-state index in [9.17, 15) is 4.79 Å². The molecule has 18 heavy (non-hydrogen) atoms. The second-order valence-corrected chi connectivity index (χ2v) is 4.65. The van der Waals surface area contributed by atoms with Crippen molar-refractivity contribution in [2.24, 2.45) is 0 Å². The quantitative estimate of drug-likeness (QED) is 0.841. The van der Waals surface area contributed by atoms with Gasteiger partial charge in [-0.2, -0.15) is 0 Å². The molecule has 1 amide bonds. The number of amides is 1. The number of likely N-dealkylation sites (N-methyl/N-ethyl adjacent to an activating group) is 1. The molecule has 1 N–H and O–H groups in total. The van der Waals surface area contributed by atoms with Gasteiger partial charge >= 0.3 is 0 Å². The lowest BCUT2D eigenvalue weighted by Gasteiger charge is -2.24. The largest absolute Gasteiger partial charge is 0.465 e. The van der Waals surface area contributed by atoms with Crippen LogP contribution in [0.3, 0.4) is 0 Å². The van der Waals surface area contributed by atoms with E-state index >= 15 is 0 Å². The number of hydrogen-bond donors (Lipinski definition) is 1. The third-order valence-electron chi connectivity index (χ3n) is 2.94. The smallest absolute Gasteiger partial charge is 0.221 e. The molecule has 0 fully saturated rings. The first-order valence-electron chi connectivity index (χ1n) is 6.14. The van der Waals surface area contributed by atoms with Crippen molar-refractivity contribution in [2.45, 2.75) is 26.3 Å². The molecule has 1 atom stereocenters. The van der Waals surface area contributed by atoms with E-state index in [2.05, 4.69) is 24.1 Å². The van der Waals surface area contributed by atoms with Gasteiger partial charge in [-0.15, -0.1) is 0 Å². The first kappa shape index (κ1) is 14.5. The van der Waals surface area contributed by atoms with Crippen LogP contribution >= 0.6 is 0 Å². The van der Waals surface area contributed by atoms with Gasteiger partial charge in [-0.05, 0) is 39.1 Å². The van der Waals surface area contributed by atoms with Crippen LogP contribution in [-0.4, -0.2) is 37.5 Å². The predicted molar refractivity (Wildman–Crippen MR) is 73.1 cm³/mol. The molecule has 1 heterocycles. The molecule has 0 saturated heterocycles. The number of carbonyl (C=O) groups is 1. The molecule has 0 bridgehead atoms. The molecule has 0 saturated carbocycles. The first-order chi connectivity index (χ1) is 8.52. The van der Waals surface area contributed by atoms with E-state index in [1.807, 2.05) is 25.3 Å². The van der Waals surface area contributed by atoms with E-state index in [1.54, 1.807) is 13.3 Å². The number of hydrogen-bond acceptors (Lipinski definition) is 3. The summed E-state index contributed by atoms with van der Waals surface area (Å²) < 4.78 is 5.27. The summed E-state index contributed by atoms with van der Waals surface area (Å²) in [5.41, 5.74) is 1.20. The van der Waals surface area contributed by atoms with Crippen molar-refractivity contribution in [1.82, 2.24) is 10.2 Å². The third kappa shape index (κ3) is 4.75. The average molecular weight is 250 g/mol. The fraction of sp³-hybridized carbons (Fsp3) is 0.500. The van der Waals surface area contributed by atoms with Gasteiger partial charge in [0.2, 0.25) is 5.91 Å². The van der Waals surface area contributed by atoms with Crippen LogP contribution in [0.5, 0.6) is 0 Å². The van der Waals surface area contributed by atoms with Crippen molar-refractivity contribution < 1.29 is 9.21 Å². The van der Waals surface area contributed by atoms with Crippen LogP contribution in [0.1, 0.15) is 26.0 Å². The normalized spacial score (nSPS) is 13.7. The second-order valence-electron chi connectivity index (χ2n) is 4.65. The highest BCUT2D eigenvalue weighted by Gasteiger charge is 2.13. The third-order valence-corrected chi connectivity index (χ3v) is 2.94. The Morgan fingerprint density at radius 2 is 2.33 bits per heavy atom. The Balaban J connectivity index is 2.48. The highest BCUT2D eigenvalue weighted by molar-refractivity contribution is 5.76. The number of furan rings is 1. The van der Waals surface area contributed by atoms with Gasteiger partial charge in [-0.1, -0.05) is 5.57 Å². The SMILES string of the molecule is CNC(=O)CC(C)N(C)CC(C)=Cc1ccco1. The summed E-state index contributed by atoms with van der Waals surface area (Å²) in [6, 6.07) is 4.01. The summed E-state index contributed by atoms with van der Waals surface area (Å²) >= 11 is 0. The van der Waals surface area contributed by atoms with E-state index in [-0.39, 0.29) is 11.9 Å². The zero-order valence-electron chi connectivity index (χ0n) is 11.6. The minimum absolute atomic E-state index is 0.0713. The standard InChI is InChI=1S/C14H22N2O2/c1-11(8-13-6-5-7-18-13)10-16(4)12(2)9-14(17)15-3/h5-8,12H,9-10H2,1-4H3,(H,15,17). The van der Waals surface area contributed by atoms with Crippen LogP contribution in [0.2, 0.25) is 0 Å². The Labute approximate surface area is 109 Å². The molecule has 100 valence electrons. The summed E-state index contributed by atoms with van der Waals surface area (Å²) in [6.07, 6.45) is 4.20. The summed E-state index contributed by atoms with van der Waals surface area (Å²) in [4.78, 5) is 13.5. The van der Waals surface area contributed by atoms with Crippen LogP contribution in [0.15, 0.2) is 28.4 Å². The van der Waals surface area contributed by atoms with E-state index in [0.717, 1.165) is 12.3 Å². The lowest BCUT2D eigenvalue weighted by Crippen LogP contribution is -2.35. The van der Waals surface area contributed by atoms with Gasteiger partial charge in [0, 0.05) is 26.1 Å². The van der Waals surface area contributed by atoms with Crippen LogP contribution < -0.4 is 5.32 Å². The molecule has 1 unspecified atom stereocenters.